The van der Waals surface area contributed by atoms with Crippen LogP contribution in [0, 0.1) is 39.9 Å². The SMILES string of the molecule is C[C@]12CCC(O)C(F)C1=CC(O)[C@@H]1[C@H]2CC[C@@]2(C)[C@H]1CCC2(O)C#CCl. The quantitative estimate of drug-likeness (QED) is 0.445. The van der Waals surface area contributed by atoms with Gasteiger partial charge in [-0.3, -0.25) is 0 Å². The van der Waals surface area contributed by atoms with Crippen molar-refractivity contribution >= 4 is 11.6 Å². The van der Waals surface area contributed by atoms with Crippen molar-refractivity contribution in [3.05, 3.63) is 11.6 Å². The van der Waals surface area contributed by atoms with Crippen LogP contribution in [0.25, 0.3) is 0 Å². The minimum absolute atomic E-state index is 0.0175. The van der Waals surface area contributed by atoms with Crippen LogP contribution >= 0.6 is 11.6 Å². The fourth-order valence-corrected chi connectivity index (χ4v) is 7.11. The Hall–Kier alpha value is -0.600. The van der Waals surface area contributed by atoms with Crippen molar-refractivity contribution in [3.63, 3.8) is 0 Å². The topological polar surface area (TPSA) is 60.7 Å². The van der Waals surface area contributed by atoms with Crippen molar-refractivity contribution in [2.75, 3.05) is 0 Å². The smallest absolute Gasteiger partial charge is 0.148 e. The van der Waals surface area contributed by atoms with E-state index in [4.69, 9.17) is 11.6 Å². The van der Waals surface area contributed by atoms with Crippen LogP contribution in [-0.4, -0.2) is 39.3 Å². The second kappa shape index (κ2) is 5.95. The maximum Gasteiger partial charge on any atom is 0.148 e. The third-order valence-electron chi connectivity index (χ3n) is 8.56. The van der Waals surface area contributed by atoms with Gasteiger partial charge in [0.15, 0.2) is 0 Å². The second-order valence-corrected chi connectivity index (χ2v) is 9.59. The van der Waals surface area contributed by atoms with E-state index < -0.39 is 29.4 Å². The van der Waals surface area contributed by atoms with Gasteiger partial charge in [-0.2, -0.15) is 0 Å². The van der Waals surface area contributed by atoms with Crippen molar-refractivity contribution < 1.29 is 19.7 Å². The summed E-state index contributed by atoms with van der Waals surface area (Å²) >= 11 is 5.63. The number of aliphatic hydroxyl groups excluding tert-OH is 2. The largest absolute Gasteiger partial charge is 0.390 e. The van der Waals surface area contributed by atoms with Gasteiger partial charge in [0, 0.05) is 10.8 Å². The van der Waals surface area contributed by atoms with E-state index in [2.05, 4.69) is 25.1 Å². The average Bonchev–Trinajstić information content (AvgIpc) is 2.85. The molecule has 0 heterocycles. The molecule has 0 spiro atoms. The minimum atomic E-state index is -1.39. The molecule has 3 nitrogen and oxygen atoms in total. The summed E-state index contributed by atoms with van der Waals surface area (Å²) in [7, 11) is 0. The molecular weight excluding hydrogens is 355 g/mol. The summed E-state index contributed by atoms with van der Waals surface area (Å²) in [5, 5.41) is 34.5. The van der Waals surface area contributed by atoms with E-state index in [-0.39, 0.29) is 23.2 Å². The van der Waals surface area contributed by atoms with Crippen LogP contribution in [0.1, 0.15) is 52.4 Å². The third-order valence-corrected chi connectivity index (χ3v) is 8.65. The Morgan fingerprint density at radius 1 is 1.12 bits per heavy atom. The summed E-state index contributed by atoms with van der Waals surface area (Å²) in [6.45, 7) is 4.17. The van der Waals surface area contributed by atoms with E-state index in [1.54, 1.807) is 6.08 Å². The first-order valence-electron chi connectivity index (χ1n) is 9.75. The highest BCUT2D eigenvalue weighted by molar-refractivity contribution is 6.30. The maximum absolute atomic E-state index is 14.8. The summed E-state index contributed by atoms with van der Waals surface area (Å²) in [5.41, 5.74) is -1.28. The highest BCUT2D eigenvalue weighted by Crippen LogP contribution is 2.67. The predicted molar refractivity (Wildman–Crippen MR) is 98.0 cm³/mol. The third kappa shape index (κ3) is 2.24. The molecule has 4 rings (SSSR count). The number of alkyl halides is 1. The van der Waals surface area contributed by atoms with E-state index in [0.717, 1.165) is 25.7 Å². The first-order chi connectivity index (χ1) is 12.2. The lowest BCUT2D eigenvalue weighted by atomic mass is 9.46. The predicted octanol–water partition coefficient (Wildman–Crippen LogP) is 3.16. The summed E-state index contributed by atoms with van der Waals surface area (Å²) in [5.74, 6) is 3.10. The van der Waals surface area contributed by atoms with Crippen LogP contribution < -0.4 is 0 Å². The van der Waals surface area contributed by atoms with Crippen LogP contribution in [0.4, 0.5) is 4.39 Å². The van der Waals surface area contributed by atoms with Gasteiger partial charge in [0.05, 0.1) is 12.2 Å². The Balaban J connectivity index is 1.76. The molecule has 4 unspecified atom stereocenters. The molecule has 3 saturated carbocycles. The fraction of sp³-hybridized carbons (Fsp3) is 0.810. The molecule has 144 valence electrons. The number of fused-ring (bicyclic) bond motifs is 5. The molecule has 3 N–H and O–H groups in total. The van der Waals surface area contributed by atoms with E-state index in [1.165, 1.54) is 0 Å². The molecule has 5 heteroatoms. The van der Waals surface area contributed by atoms with Crippen molar-refractivity contribution in [1.29, 1.82) is 0 Å². The Bertz CT molecular complexity index is 699. The van der Waals surface area contributed by atoms with Crippen LogP contribution in [0.15, 0.2) is 11.6 Å². The summed E-state index contributed by atoms with van der Waals surface area (Å²) in [4.78, 5) is 0. The van der Waals surface area contributed by atoms with Crippen LogP contribution in [0.2, 0.25) is 0 Å². The molecule has 0 aliphatic heterocycles. The van der Waals surface area contributed by atoms with Gasteiger partial charge in [-0.25, -0.2) is 4.39 Å². The number of halogens is 2. The molecular formula is C21H28ClFO3. The monoisotopic (exact) mass is 382 g/mol. The van der Waals surface area contributed by atoms with E-state index in [1.807, 2.05) is 0 Å². The lowest BCUT2D eigenvalue weighted by Crippen LogP contribution is -2.58. The molecule has 4 aliphatic rings. The normalized spacial score (nSPS) is 55.7. The summed E-state index contributed by atoms with van der Waals surface area (Å²) in [6.07, 6.45) is 2.71. The van der Waals surface area contributed by atoms with Crippen LogP contribution in [0.5, 0.6) is 0 Å². The van der Waals surface area contributed by atoms with Gasteiger partial charge in [0.1, 0.15) is 11.8 Å². The first kappa shape index (κ1) is 18.7. The molecule has 0 aromatic carbocycles. The molecule has 0 bridgehead atoms. The van der Waals surface area contributed by atoms with Crippen molar-refractivity contribution in [2.24, 2.45) is 28.6 Å². The van der Waals surface area contributed by atoms with E-state index >= 15 is 0 Å². The molecule has 9 atom stereocenters. The highest BCUT2D eigenvalue weighted by Gasteiger charge is 2.65. The van der Waals surface area contributed by atoms with Gasteiger partial charge in [-0.05, 0) is 78.9 Å². The van der Waals surface area contributed by atoms with Gasteiger partial charge in [0.2, 0.25) is 0 Å². The molecule has 4 aliphatic carbocycles. The zero-order chi connectivity index (χ0) is 18.9. The molecule has 26 heavy (non-hydrogen) atoms. The lowest BCUT2D eigenvalue weighted by molar-refractivity contribution is -0.127. The number of hydrogen-bond donors (Lipinski definition) is 3. The molecule has 0 radical (unpaired) electrons. The molecule has 3 fully saturated rings. The van der Waals surface area contributed by atoms with Crippen LogP contribution in [-0.2, 0) is 0 Å². The Kier molecular flexibility index (Phi) is 4.29. The van der Waals surface area contributed by atoms with Gasteiger partial charge < -0.3 is 15.3 Å². The zero-order valence-corrected chi connectivity index (χ0v) is 16.1. The first-order valence-corrected chi connectivity index (χ1v) is 10.1. The maximum atomic E-state index is 14.8. The van der Waals surface area contributed by atoms with E-state index in [0.29, 0.717) is 18.4 Å². The van der Waals surface area contributed by atoms with Gasteiger partial charge in [0.25, 0.3) is 0 Å². The lowest BCUT2D eigenvalue weighted by Gasteiger charge is -2.59. The van der Waals surface area contributed by atoms with Gasteiger partial charge in [-0.15, -0.1) is 0 Å². The molecule has 0 saturated heterocycles. The highest BCUT2D eigenvalue weighted by atomic mass is 35.5. The summed E-state index contributed by atoms with van der Waals surface area (Å²) < 4.78 is 14.8. The Morgan fingerprint density at radius 3 is 2.50 bits per heavy atom. The Labute approximate surface area is 159 Å². The van der Waals surface area contributed by atoms with Crippen molar-refractivity contribution in [1.82, 2.24) is 0 Å². The zero-order valence-electron chi connectivity index (χ0n) is 15.4. The number of aliphatic hydroxyl groups is 3. The fourth-order valence-electron chi connectivity index (χ4n) is 6.95. The second-order valence-electron chi connectivity index (χ2n) is 9.40. The molecule has 0 aromatic heterocycles. The Morgan fingerprint density at radius 2 is 1.81 bits per heavy atom. The summed E-state index contributed by atoms with van der Waals surface area (Å²) in [6, 6.07) is 0. The molecule has 0 aromatic rings. The van der Waals surface area contributed by atoms with Crippen molar-refractivity contribution in [3.8, 4) is 11.3 Å². The van der Waals surface area contributed by atoms with Crippen LogP contribution in [0.3, 0.4) is 0 Å². The van der Waals surface area contributed by atoms with Crippen molar-refractivity contribution in [2.45, 2.75) is 76.4 Å². The number of hydrogen-bond acceptors (Lipinski definition) is 3. The molecule has 0 amide bonds. The van der Waals surface area contributed by atoms with E-state index in [9.17, 15) is 19.7 Å². The average molecular weight is 383 g/mol. The minimum Gasteiger partial charge on any atom is -0.390 e. The number of rotatable bonds is 0. The standard InChI is InChI=1S/C21H28ClFO3/c1-19-6-5-15(24)18(23)14(19)11-16(25)17-12(19)3-7-20(2)13(17)4-8-21(20,26)9-10-22/h11-13,15-18,24-26H,3-8H2,1-2H3/t12-,13+,15?,16?,17-,18?,19-,20+,21?/m1/s1. The van der Waals surface area contributed by atoms with Gasteiger partial charge >= 0.3 is 0 Å². The van der Waals surface area contributed by atoms with Gasteiger partial charge in [-0.1, -0.05) is 25.8 Å².